The number of imidazole rings is 1. The molecule has 1 aliphatic heterocycles. The number of Topliss-reactive ketones (excluding diaryl/α,β-unsaturated/α-hetero) is 1. The van der Waals surface area contributed by atoms with Crippen LogP contribution in [0.2, 0.25) is 18.1 Å². The van der Waals surface area contributed by atoms with Crippen molar-refractivity contribution in [1.82, 2.24) is 19.4 Å². The molecule has 3 heterocycles. The molecule has 1 atom stereocenters. The highest BCUT2D eigenvalue weighted by Gasteiger charge is 2.48. The zero-order valence-corrected chi connectivity index (χ0v) is 21.4. The molecular formula is C21H31BrN4O4Si. The molecule has 1 saturated heterocycles. The zero-order chi connectivity index (χ0) is 23.0. The van der Waals surface area contributed by atoms with Gasteiger partial charge in [-0.25, -0.2) is 14.8 Å². The van der Waals surface area contributed by atoms with Crippen molar-refractivity contribution in [2.75, 3.05) is 13.1 Å². The molecule has 1 N–H and O–H groups in total. The Labute approximate surface area is 192 Å². The standard InChI is InChI=1S/C21H31BrN4O4Si/c1-20(2,3)31(4,5)30-21(8-6-10-25(13-21)19(28)29)11-15(27)12-26-14-24-17-16(26)7-9-23-18(17)22/h7,9,14H,6,8,10-13H2,1-5H3,(H,28,29)/t21-/m0/s1. The van der Waals surface area contributed by atoms with Crippen molar-refractivity contribution in [3.8, 4) is 0 Å². The molecule has 1 amide bonds. The number of ketones is 1. The van der Waals surface area contributed by atoms with Crippen LogP contribution in [0.4, 0.5) is 4.79 Å². The summed E-state index contributed by atoms with van der Waals surface area (Å²) in [5.41, 5.74) is 0.734. The van der Waals surface area contributed by atoms with Gasteiger partial charge in [-0.3, -0.25) is 4.79 Å². The molecule has 31 heavy (non-hydrogen) atoms. The monoisotopic (exact) mass is 510 g/mol. The van der Waals surface area contributed by atoms with E-state index in [1.807, 2.05) is 10.6 Å². The van der Waals surface area contributed by atoms with Crippen molar-refractivity contribution in [3.05, 3.63) is 23.2 Å². The molecule has 0 unspecified atom stereocenters. The fraction of sp³-hybridized carbons (Fsp3) is 0.619. The number of carbonyl (C=O) groups is 2. The number of carbonyl (C=O) groups excluding carboxylic acids is 1. The number of amides is 1. The number of pyridine rings is 1. The Morgan fingerprint density at radius 2 is 2.03 bits per heavy atom. The lowest BCUT2D eigenvalue weighted by Crippen LogP contribution is -2.58. The minimum absolute atomic E-state index is 0.00168. The topological polar surface area (TPSA) is 97.6 Å². The average molecular weight is 511 g/mol. The van der Waals surface area contributed by atoms with Gasteiger partial charge in [0.05, 0.1) is 30.5 Å². The first-order valence-corrected chi connectivity index (χ1v) is 14.2. The second-order valence-corrected chi connectivity index (χ2v) is 15.4. The van der Waals surface area contributed by atoms with Gasteiger partial charge in [-0.2, -0.15) is 0 Å². The second-order valence-electron chi connectivity index (χ2n) is 9.91. The van der Waals surface area contributed by atoms with E-state index in [1.54, 1.807) is 12.5 Å². The largest absolute Gasteiger partial charge is 0.465 e. The van der Waals surface area contributed by atoms with Crippen molar-refractivity contribution in [3.63, 3.8) is 0 Å². The van der Waals surface area contributed by atoms with Crippen molar-refractivity contribution >= 4 is 47.2 Å². The van der Waals surface area contributed by atoms with Crippen molar-refractivity contribution in [2.45, 2.75) is 70.3 Å². The van der Waals surface area contributed by atoms with Crippen LogP contribution in [0.3, 0.4) is 0 Å². The van der Waals surface area contributed by atoms with Gasteiger partial charge in [0.15, 0.2) is 14.1 Å². The Morgan fingerprint density at radius 3 is 2.68 bits per heavy atom. The van der Waals surface area contributed by atoms with Gasteiger partial charge < -0.3 is 19.0 Å². The van der Waals surface area contributed by atoms with Gasteiger partial charge in [-0.1, -0.05) is 20.8 Å². The van der Waals surface area contributed by atoms with Crippen molar-refractivity contribution < 1.29 is 19.1 Å². The smallest absolute Gasteiger partial charge is 0.407 e. The van der Waals surface area contributed by atoms with Crippen molar-refractivity contribution in [1.29, 1.82) is 0 Å². The minimum atomic E-state index is -2.23. The van der Waals surface area contributed by atoms with Crippen LogP contribution in [-0.4, -0.2) is 63.4 Å². The summed E-state index contributed by atoms with van der Waals surface area (Å²) in [6.07, 6.45) is 3.88. The van der Waals surface area contributed by atoms with E-state index in [0.717, 1.165) is 5.52 Å². The number of likely N-dealkylation sites (tertiary alicyclic amines) is 1. The first-order valence-electron chi connectivity index (χ1n) is 10.5. The highest BCUT2D eigenvalue weighted by atomic mass is 79.9. The third-order valence-corrected chi connectivity index (χ3v) is 11.6. The molecule has 1 fully saturated rings. The maximum absolute atomic E-state index is 13.2. The third-order valence-electron chi connectivity index (χ3n) is 6.45. The van der Waals surface area contributed by atoms with Crippen LogP contribution in [0.15, 0.2) is 23.2 Å². The van der Waals surface area contributed by atoms with Crippen LogP contribution in [0.5, 0.6) is 0 Å². The lowest BCUT2D eigenvalue weighted by atomic mass is 9.88. The maximum Gasteiger partial charge on any atom is 0.407 e. The molecule has 10 heteroatoms. The summed E-state index contributed by atoms with van der Waals surface area (Å²) in [5, 5.41) is 9.54. The summed E-state index contributed by atoms with van der Waals surface area (Å²) < 4.78 is 9.22. The number of rotatable bonds is 6. The fourth-order valence-corrected chi connectivity index (χ4v) is 5.96. The molecule has 0 spiro atoms. The van der Waals surface area contributed by atoms with Crippen LogP contribution in [-0.2, 0) is 15.8 Å². The Kier molecular flexibility index (Phi) is 6.64. The lowest BCUT2D eigenvalue weighted by molar-refractivity contribution is -0.126. The van der Waals surface area contributed by atoms with Crippen LogP contribution >= 0.6 is 15.9 Å². The van der Waals surface area contributed by atoms with Gasteiger partial charge in [0.2, 0.25) is 0 Å². The number of piperidine rings is 1. The molecule has 1 aliphatic rings. The molecule has 170 valence electrons. The number of halogens is 1. The number of hydrogen-bond donors (Lipinski definition) is 1. The van der Waals surface area contributed by atoms with E-state index in [2.05, 4.69) is 59.8 Å². The van der Waals surface area contributed by atoms with Crippen LogP contribution in [0, 0.1) is 0 Å². The Balaban J connectivity index is 1.86. The fourth-order valence-electron chi connectivity index (χ4n) is 3.91. The molecule has 0 aromatic carbocycles. The number of hydrogen-bond acceptors (Lipinski definition) is 5. The van der Waals surface area contributed by atoms with E-state index in [9.17, 15) is 14.7 Å². The first-order chi connectivity index (χ1) is 14.3. The number of aromatic nitrogens is 3. The molecule has 2 aromatic heterocycles. The van der Waals surface area contributed by atoms with E-state index in [1.165, 1.54) is 4.90 Å². The quantitative estimate of drug-likeness (QED) is 0.447. The molecule has 8 nitrogen and oxygen atoms in total. The summed E-state index contributed by atoms with van der Waals surface area (Å²) in [7, 11) is -2.23. The normalized spacial score (nSPS) is 20.3. The van der Waals surface area contributed by atoms with E-state index < -0.39 is 20.0 Å². The summed E-state index contributed by atoms with van der Waals surface area (Å²) in [6.45, 7) is 11.6. The van der Waals surface area contributed by atoms with Crippen molar-refractivity contribution in [2.24, 2.45) is 0 Å². The molecule has 0 saturated carbocycles. The first kappa shape index (κ1) is 23.9. The molecular weight excluding hydrogens is 480 g/mol. The minimum Gasteiger partial charge on any atom is -0.465 e. The lowest BCUT2D eigenvalue weighted by Gasteiger charge is -2.49. The highest BCUT2D eigenvalue weighted by molar-refractivity contribution is 9.10. The highest BCUT2D eigenvalue weighted by Crippen LogP contribution is 2.42. The molecule has 0 bridgehead atoms. The summed E-state index contributed by atoms with van der Waals surface area (Å²) in [4.78, 5) is 34.8. The van der Waals surface area contributed by atoms with E-state index in [-0.39, 0.29) is 30.3 Å². The number of nitrogens with zero attached hydrogens (tertiary/aromatic N) is 4. The predicted molar refractivity (Wildman–Crippen MR) is 125 cm³/mol. The van der Waals surface area contributed by atoms with Gasteiger partial charge in [0.25, 0.3) is 0 Å². The van der Waals surface area contributed by atoms with Gasteiger partial charge in [-0.15, -0.1) is 0 Å². The van der Waals surface area contributed by atoms with Gasteiger partial charge >= 0.3 is 6.09 Å². The third kappa shape index (κ3) is 5.18. The predicted octanol–water partition coefficient (Wildman–Crippen LogP) is 4.69. The Bertz CT molecular complexity index is 987. The van der Waals surface area contributed by atoms with Crippen LogP contribution < -0.4 is 0 Å². The summed E-state index contributed by atoms with van der Waals surface area (Å²) in [6, 6.07) is 1.83. The SMILES string of the molecule is CC(C)(C)[Si](C)(C)O[C@]1(CC(=O)Cn2cnc3c(Br)nccc32)CCCN(C(=O)O)C1. The number of fused-ring (bicyclic) bond motifs is 1. The summed E-state index contributed by atoms with van der Waals surface area (Å²) in [5.74, 6) is -0.00168. The van der Waals surface area contributed by atoms with Crippen LogP contribution in [0.1, 0.15) is 40.0 Å². The number of carboxylic acid groups (broad SMARTS) is 1. The zero-order valence-electron chi connectivity index (χ0n) is 18.8. The van der Waals surface area contributed by atoms with Crippen LogP contribution in [0.25, 0.3) is 11.0 Å². The average Bonchev–Trinajstić information content (AvgIpc) is 3.04. The summed E-state index contributed by atoms with van der Waals surface area (Å²) >= 11 is 3.39. The van der Waals surface area contributed by atoms with Gasteiger partial charge in [0.1, 0.15) is 10.1 Å². The molecule has 2 aromatic rings. The van der Waals surface area contributed by atoms with E-state index in [4.69, 9.17) is 4.43 Å². The Morgan fingerprint density at radius 1 is 1.32 bits per heavy atom. The van der Waals surface area contributed by atoms with Gasteiger partial charge in [0, 0.05) is 19.2 Å². The van der Waals surface area contributed by atoms with E-state index >= 15 is 0 Å². The molecule has 3 rings (SSSR count). The van der Waals surface area contributed by atoms with E-state index in [0.29, 0.717) is 29.5 Å². The molecule has 0 radical (unpaired) electrons. The van der Waals surface area contributed by atoms with Gasteiger partial charge in [-0.05, 0) is 53.0 Å². The maximum atomic E-state index is 13.2. The Hall–Kier alpha value is -1.78. The molecule has 0 aliphatic carbocycles. The second kappa shape index (κ2) is 8.63.